The SMILES string of the molecule is CCCn1ncc(CN2CCC[C@@H](C(=O)c3ccc(Cl)cc3C)C2)c1C. The van der Waals surface area contributed by atoms with Gasteiger partial charge in [-0.2, -0.15) is 5.10 Å². The minimum Gasteiger partial charge on any atom is -0.298 e. The molecule has 1 fully saturated rings. The van der Waals surface area contributed by atoms with Gasteiger partial charge < -0.3 is 0 Å². The van der Waals surface area contributed by atoms with Gasteiger partial charge in [0.25, 0.3) is 0 Å². The van der Waals surface area contributed by atoms with Crippen LogP contribution in [0.2, 0.25) is 5.02 Å². The summed E-state index contributed by atoms with van der Waals surface area (Å²) in [5.41, 5.74) is 4.30. The highest BCUT2D eigenvalue weighted by Gasteiger charge is 2.28. The standard InChI is InChI=1S/C21H28ClN3O/c1-4-9-25-16(3)18(12-23-25)14-24-10-5-6-17(13-24)21(26)20-8-7-19(22)11-15(20)2/h7-8,11-12,17H,4-6,9-10,13-14H2,1-3H3/t17-/m1/s1. The van der Waals surface area contributed by atoms with Crippen LogP contribution in [-0.4, -0.2) is 33.6 Å². The number of likely N-dealkylation sites (tertiary alicyclic amines) is 1. The van der Waals surface area contributed by atoms with Gasteiger partial charge in [-0.05, 0) is 63.4 Å². The topological polar surface area (TPSA) is 38.1 Å². The van der Waals surface area contributed by atoms with Crippen LogP contribution in [0.15, 0.2) is 24.4 Å². The molecule has 0 radical (unpaired) electrons. The second-order valence-corrected chi connectivity index (χ2v) is 7.81. The van der Waals surface area contributed by atoms with Gasteiger partial charge in [0.05, 0.1) is 6.20 Å². The van der Waals surface area contributed by atoms with Crippen molar-refractivity contribution in [3.8, 4) is 0 Å². The van der Waals surface area contributed by atoms with Crippen molar-refractivity contribution in [2.24, 2.45) is 5.92 Å². The van der Waals surface area contributed by atoms with Crippen LogP contribution in [0.5, 0.6) is 0 Å². The fraction of sp³-hybridized carbons (Fsp3) is 0.524. The predicted octanol–water partition coefficient (Wildman–Crippen LogP) is 4.66. The average molecular weight is 374 g/mol. The van der Waals surface area contributed by atoms with Gasteiger partial charge in [-0.15, -0.1) is 0 Å². The van der Waals surface area contributed by atoms with Crippen molar-refractivity contribution in [3.63, 3.8) is 0 Å². The van der Waals surface area contributed by atoms with E-state index in [2.05, 4.69) is 28.5 Å². The summed E-state index contributed by atoms with van der Waals surface area (Å²) in [6.45, 7) is 9.97. The Balaban J connectivity index is 1.68. The number of carbonyl (C=O) groups is 1. The first-order valence-electron chi connectivity index (χ1n) is 9.53. The molecule has 2 aromatic rings. The lowest BCUT2D eigenvalue weighted by Crippen LogP contribution is -2.38. The number of hydrogen-bond acceptors (Lipinski definition) is 3. The molecule has 140 valence electrons. The van der Waals surface area contributed by atoms with E-state index in [1.807, 2.05) is 31.3 Å². The van der Waals surface area contributed by atoms with Crippen LogP contribution in [-0.2, 0) is 13.1 Å². The second-order valence-electron chi connectivity index (χ2n) is 7.38. The summed E-state index contributed by atoms with van der Waals surface area (Å²) in [4.78, 5) is 15.4. The molecule has 0 saturated carbocycles. The first-order valence-corrected chi connectivity index (χ1v) is 9.91. The molecule has 0 bridgehead atoms. The molecule has 5 heteroatoms. The Morgan fingerprint density at radius 3 is 2.88 bits per heavy atom. The molecule has 0 aliphatic carbocycles. The summed E-state index contributed by atoms with van der Waals surface area (Å²) in [6.07, 6.45) is 5.10. The molecule has 1 aliphatic heterocycles. The van der Waals surface area contributed by atoms with E-state index in [4.69, 9.17) is 11.6 Å². The van der Waals surface area contributed by atoms with Crippen molar-refractivity contribution >= 4 is 17.4 Å². The quantitative estimate of drug-likeness (QED) is 0.691. The van der Waals surface area contributed by atoms with Gasteiger partial charge in [-0.25, -0.2) is 0 Å². The molecule has 0 spiro atoms. The highest BCUT2D eigenvalue weighted by Crippen LogP contribution is 2.25. The van der Waals surface area contributed by atoms with E-state index < -0.39 is 0 Å². The maximum atomic E-state index is 13.0. The number of nitrogens with zero attached hydrogens (tertiary/aromatic N) is 3. The lowest BCUT2D eigenvalue weighted by atomic mass is 9.88. The minimum absolute atomic E-state index is 0.0645. The molecule has 26 heavy (non-hydrogen) atoms. The number of hydrogen-bond donors (Lipinski definition) is 0. The Bertz CT molecular complexity index is 784. The van der Waals surface area contributed by atoms with Crippen LogP contribution in [0, 0.1) is 19.8 Å². The molecule has 0 amide bonds. The van der Waals surface area contributed by atoms with E-state index in [-0.39, 0.29) is 11.7 Å². The third-order valence-corrected chi connectivity index (χ3v) is 5.60. The number of halogens is 1. The third-order valence-electron chi connectivity index (χ3n) is 5.36. The molecule has 0 N–H and O–H groups in total. The highest BCUT2D eigenvalue weighted by atomic mass is 35.5. The Morgan fingerprint density at radius 2 is 2.15 bits per heavy atom. The fourth-order valence-corrected chi connectivity index (χ4v) is 4.08. The lowest BCUT2D eigenvalue weighted by molar-refractivity contribution is 0.0811. The zero-order chi connectivity index (χ0) is 18.7. The number of piperidine rings is 1. The Hall–Kier alpha value is -1.65. The summed E-state index contributed by atoms with van der Waals surface area (Å²) >= 11 is 6.03. The van der Waals surface area contributed by atoms with Crippen LogP contribution < -0.4 is 0 Å². The molecule has 2 heterocycles. The molecule has 0 unspecified atom stereocenters. The summed E-state index contributed by atoms with van der Waals surface area (Å²) in [7, 11) is 0. The van der Waals surface area contributed by atoms with Crippen molar-refractivity contribution < 1.29 is 4.79 Å². The number of carbonyl (C=O) groups excluding carboxylic acids is 1. The maximum absolute atomic E-state index is 13.0. The van der Waals surface area contributed by atoms with Gasteiger partial charge in [0.2, 0.25) is 0 Å². The van der Waals surface area contributed by atoms with Gasteiger partial charge in [-0.3, -0.25) is 14.4 Å². The normalized spacial score (nSPS) is 18.2. The van der Waals surface area contributed by atoms with Crippen molar-refractivity contribution in [2.45, 2.75) is 53.1 Å². The Kier molecular flexibility index (Phi) is 6.15. The Labute approximate surface area is 161 Å². The first kappa shape index (κ1) is 19.1. The predicted molar refractivity (Wildman–Crippen MR) is 106 cm³/mol. The molecular formula is C21H28ClN3O. The summed E-state index contributed by atoms with van der Waals surface area (Å²) < 4.78 is 2.08. The number of aromatic nitrogens is 2. The summed E-state index contributed by atoms with van der Waals surface area (Å²) in [6, 6.07) is 5.56. The van der Waals surface area contributed by atoms with Crippen LogP contribution in [0.25, 0.3) is 0 Å². The average Bonchev–Trinajstić information content (AvgIpc) is 2.95. The molecule has 1 aromatic heterocycles. The van der Waals surface area contributed by atoms with Gasteiger partial charge in [-0.1, -0.05) is 18.5 Å². The molecule has 4 nitrogen and oxygen atoms in total. The highest BCUT2D eigenvalue weighted by molar-refractivity contribution is 6.30. The van der Waals surface area contributed by atoms with Crippen LogP contribution >= 0.6 is 11.6 Å². The number of ketones is 1. The monoisotopic (exact) mass is 373 g/mol. The maximum Gasteiger partial charge on any atom is 0.167 e. The largest absolute Gasteiger partial charge is 0.298 e. The number of Topliss-reactive ketones (excluding diaryl/α,β-unsaturated/α-hetero) is 1. The van der Waals surface area contributed by atoms with Gasteiger partial charge in [0.1, 0.15) is 0 Å². The number of rotatable bonds is 6. The van der Waals surface area contributed by atoms with Crippen LogP contribution in [0.4, 0.5) is 0 Å². The lowest BCUT2D eigenvalue weighted by Gasteiger charge is -2.32. The van der Waals surface area contributed by atoms with Crippen molar-refractivity contribution in [1.29, 1.82) is 0 Å². The van der Waals surface area contributed by atoms with Gasteiger partial charge in [0, 0.05) is 47.4 Å². The molecule has 1 aliphatic rings. The molecule has 1 saturated heterocycles. The smallest absolute Gasteiger partial charge is 0.167 e. The fourth-order valence-electron chi connectivity index (χ4n) is 3.86. The zero-order valence-corrected chi connectivity index (χ0v) is 16.7. The minimum atomic E-state index is 0.0645. The van der Waals surface area contributed by atoms with E-state index in [0.717, 1.165) is 56.6 Å². The van der Waals surface area contributed by atoms with Gasteiger partial charge >= 0.3 is 0 Å². The third kappa shape index (κ3) is 4.18. The van der Waals surface area contributed by atoms with Gasteiger partial charge in [0.15, 0.2) is 5.78 Å². The van der Waals surface area contributed by atoms with Crippen LogP contribution in [0.1, 0.15) is 53.4 Å². The van der Waals surface area contributed by atoms with Crippen molar-refractivity contribution in [2.75, 3.05) is 13.1 Å². The molecule has 1 aromatic carbocycles. The van der Waals surface area contributed by atoms with Crippen molar-refractivity contribution in [3.05, 3.63) is 51.8 Å². The zero-order valence-electron chi connectivity index (χ0n) is 16.0. The second kappa shape index (κ2) is 8.36. The van der Waals surface area contributed by atoms with E-state index in [0.29, 0.717) is 5.02 Å². The Morgan fingerprint density at radius 1 is 1.35 bits per heavy atom. The molecular weight excluding hydrogens is 346 g/mol. The number of benzene rings is 1. The van der Waals surface area contributed by atoms with E-state index in [9.17, 15) is 4.79 Å². The van der Waals surface area contributed by atoms with Crippen LogP contribution in [0.3, 0.4) is 0 Å². The first-order chi connectivity index (χ1) is 12.5. The molecule has 3 rings (SSSR count). The molecule has 1 atom stereocenters. The van der Waals surface area contributed by atoms with E-state index >= 15 is 0 Å². The summed E-state index contributed by atoms with van der Waals surface area (Å²) in [5.74, 6) is 0.317. The van der Waals surface area contributed by atoms with E-state index in [1.165, 1.54) is 11.3 Å². The van der Waals surface area contributed by atoms with Crippen molar-refractivity contribution in [1.82, 2.24) is 14.7 Å². The van der Waals surface area contributed by atoms with E-state index in [1.54, 1.807) is 0 Å². The number of aryl methyl sites for hydroxylation is 2. The summed E-state index contributed by atoms with van der Waals surface area (Å²) in [5, 5.41) is 5.19.